The molecule has 0 aliphatic rings. The van der Waals surface area contributed by atoms with Gasteiger partial charge in [-0.2, -0.15) is 12.6 Å². The van der Waals surface area contributed by atoms with E-state index in [4.69, 9.17) is 9.84 Å². The second-order valence-electron chi connectivity index (χ2n) is 2.18. The van der Waals surface area contributed by atoms with Gasteiger partial charge in [-0.3, -0.25) is 0 Å². The summed E-state index contributed by atoms with van der Waals surface area (Å²) in [4.78, 5) is 10.6. The highest BCUT2D eigenvalue weighted by atomic mass is 32.1. The molecular formula is C7H14O4S. The van der Waals surface area contributed by atoms with Crippen molar-refractivity contribution in [1.29, 1.82) is 0 Å². The Morgan fingerprint density at radius 3 is 2.67 bits per heavy atom. The molecule has 1 unspecified atom stereocenters. The maximum atomic E-state index is 10.6. The van der Waals surface area contributed by atoms with Gasteiger partial charge in [0.05, 0.1) is 13.2 Å². The first-order valence-electron chi connectivity index (χ1n) is 3.71. The number of hydrogen-bond donors (Lipinski definition) is 2. The number of aliphatic hydroxyl groups excluding tert-OH is 1. The van der Waals surface area contributed by atoms with Crippen LogP contribution in [0.25, 0.3) is 0 Å². The number of esters is 1. The van der Waals surface area contributed by atoms with Crippen LogP contribution < -0.4 is 0 Å². The van der Waals surface area contributed by atoms with Gasteiger partial charge in [-0.15, -0.1) is 0 Å². The molecule has 0 saturated heterocycles. The van der Waals surface area contributed by atoms with Gasteiger partial charge in [0.25, 0.3) is 0 Å². The Balaban J connectivity index is 3.14. The summed E-state index contributed by atoms with van der Waals surface area (Å²) in [6.45, 7) is 2.42. The highest BCUT2D eigenvalue weighted by Crippen LogP contribution is 1.87. The van der Waals surface area contributed by atoms with Crippen LogP contribution >= 0.6 is 12.6 Å². The fourth-order valence-corrected chi connectivity index (χ4v) is 0.617. The summed E-state index contributed by atoms with van der Waals surface area (Å²) in [6, 6.07) is 0. The molecule has 12 heavy (non-hydrogen) atoms. The van der Waals surface area contributed by atoms with Crippen LogP contribution in [0.2, 0.25) is 0 Å². The van der Waals surface area contributed by atoms with E-state index < -0.39 is 12.1 Å². The molecule has 0 fully saturated rings. The van der Waals surface area contributed by atoms with E-state index in [0.717, 1.165) is 0 Å². The zero-order valence-electron chi connectivity index (χ0n) is 7.02. The molecule has 0 rings (SSSR count). The van der Waals surface area contributed by atoms with E-state index in [1.54, 1.807) is 0 Å². The van der Waals surface area contributed by atoms with Gasteiger partial charge >= 0.3 is 5.97 Å². The van der Waals surface area contributed by atoms with Crippen LogP contribution in [0.3, 0.4) is 0 Å². The average Bonchev–Trinajstić information content (AvgIpc) is 2.03. The van der Waals surface area contributed by atoms with Gasteiger partial charge in [0.2, 0.25) is 0 Å². The van der Waals surface area contributed by atoms with E-state index in [-0.39, 0.29) is 6.61 Å². The summed E-state index contributed by atoms with van der Waals surface area (Å²) in [5, 5.41) is 8.70. The molecule has 5 heteroatoms. The second kappa shape index (κ2) is 7.39. The van der Waals surface area contributed by atoms with E-state index in [1.165, 1.54) is 6.92 Å². The summed E-state index contributed by atoms with van der Waals surface area (Å²) in [7, 11) is 0. The first-order chi connectivity index (χ1) is 5.68. The molecule has 0 spiro atoms. The molecule has 72 valence electrons. The SMILES string of the molecule is CC(O)C(=O)OCCOCCS. The minimum Gasteiger partial charge on any atom is -0.461 e. The Labute approximate surface area is 77.3 Å². The molecule has 0 saturated carbocycles. The van der Waals surface area contributed by atoms with Crippen LogP contribution in [-0.4, -0.2) is 42.8 Å². The molecule has 0 radical (unpaired) electrons. The lowest BCUT2D eigenvalue weighted by Crippen LogP contribution is -2.21. The van der Waals surface area contributed by atoms with Crippen LogP contribution in [0, 0.1) is 0 Å². The van der Waals surface area contributed by atoms with Crippen molar-refractivity contribution in [3.8, 4) is 0 Å². The first kappa shape index (κ1) is 11.7. The van der Waals surface area contributed by atoms with Gasteiger partial charge in [0, 0.05) is 5.75 Å². The van der Waals surface area contributed by atoms with Crippen molar-refractivity contribution >= 4 is 18.6 Å². The third kappa shape index (κ3) is 6.45. The number of aliphatic hydroxyl groups is 1. The zero-order valence-corrected chi connectivity index (χ0v) is 7.92. The van der Waals surface area contributed by atoms with E-state index in [0.29, 0.717) is 19.0 Å². The minimum absolute atomic E-state index is 0.178. The standard InChI is InChI=1S/C7H14O4S/c1-6(8)7(9)11-3-2-10-4-5-12/h6,8,12H,2-5H2,1H3. The average molecular weight is 194 g/mol. The summed E-state index contributed by atoms with van der Waals surface area (Å²) >= 11 is 3.92. The highest BCUT2D eigenvalue weighted by Gasteiger charge is 2.08. The molecule has 0 aromatic rings. The molecule has 0 heterocycles. The van der Waals surface area contributed by atoms with Crippen molar-refractivity contribution in [1.82, 2.24) is 0 Å². The van der Waals surface area contributed by atoms with Crippen molar-refractivity contribution < 1.29 is 19.4 Å². The van der Waals surface area contributed by atoms with Crippen molar-refractivity contribution in [2.24, 2.45) is 0 Å². The van der Waals surface area contributed by atoms with Crippen molar-refractivity contribution in [2.45, 2.75) is 13.0 Å². The van der Waals surface area contributed by atoms with Crippen LogP contribution in [0.4, 0.5) is 0 Å². The number of ether oxygens (including phenoxy) is 2. The maximum absolute atomic E-state index is 10.6. The molecule has 0 aromatic carbocycles. The van der Waals surface area contributed by atoms with Gasteiger partial charge in [-0.05, 0) is 6.92 Å². The Morgan fingerprint density at radius 2 is 2.17 bits per heavy atom. The van der Waals surface area contributed by atoms with Gasteiger partial charge in [-0.25, -0.2) is 4.79 Å². The van der Waals surface area contributed by atoms with Gasteiger partial charge in [0.1, 0.15) is 12.7 Å². The summed E-state index contributed by atoms with van der Waals surface area (Å²) < 4.78 is 9.59. The van der Waals surface area contributed by atoms with E-state index >= 15 is 0 Å². The Kier molecular flexibility index (Phi) is 7.23. The topological polar surface area (TPSA) is 55.8 Å². The van der Waals surface area contributed by atoms with Crippen molar-refractivity contribution in [3.05, 3.63) is 0 Å². The summed E-state index contributed by atoms with van der Waals surface area (Å²) in [6.07, 6.45) is -1.06. The predicted octanol–water partition coefficient (Wildman–Crippen LogP) is -0.143. The highest BCUT2D eigenvalue weighted by molar-refractivity contribution is 7.80. The molecule has 0 aromatic heterocycles. The summed E-state index contributed by atoms with van der Waals surface area (Å²) in [5.74, 6) is 0.0223. The largest absolute Gasteiger partial charge is 0.461 e. The number of carbonyl (C=O) groups is 1. The molecular weight excluding hydrogens is 180 g/mol. The monoisotopic (exact) mass is 194 g/mol. The van der Waals surface area contributed by atoms with Crippen LogP contribution in [0.5, 0.6) is 0 Å². The van der Waals surface area contributed by atoms with E-state index in [2.05, 4.69) is 17.4 Å². The van der Waals surface area contributed by atoms with Gasteiger partial charge in [-0.1, -0.05) is 0 Å². The fraction of sp³-hybridized carbons (Fsp3) is 0.857. The zero-order chi connectivity index (χ0) is 9.40. The smallest absolute Gasteiger partial charge is 0.334 e. The van der Waals surface area contributed by atoms with Crippen LogP contribution in [-0.2, 0) is 14.3 Å². The number of carbonyl (C=O) groups excluding carboxylic acids is 1. The minimum atomic E-state index is -1.06. The molecule has 4 nitrogen and oxygen atoms in total. The maximum Gasteiger partial charge on any atom is 0.334 e. The van der Waals surface area contributed by atoms with E-state index in [1.807, 2.05) is 0 Å². The van der Waals surface area contributed by atoms with Crippen LogP contribution in [0.1, 0.15) is 6.92 Å². The molecule has 1 atom stereocenters. The Bertz CT molecular complexity index is 127. The van der Waals surface area contributed by atoms with Gasteiger partial charge < -0.3 is 14.6 Å². The lowest BCUT2D eigenvalue weighted by Gasteiger charge is -2.06. The number of hydrogen-bond acceptors (Lipinski definition) is 5. The lowest BCUT2D eigenvalue weighted by atomic mass is 10.4. The number of rotatable bonds is 6. The molecule has 0 amide bonds. The molecule has 1 N–H and O–H groups in total. The lowest BCUT2D eigenvalue weighted by molar-refractivity contribution is -0.153. The third-order valence-corrected chi connectivity index (χ3v) is 1.23. The quantitative estimate of drug-likeness (QED) is 0.351. The Morgan fingerprint density at radius 1 is 1.50 bits per heavy atom. The van der Waals surface area contributed by atoms with Crippen molar-refractivity contribution in [3.63, 3.8) is 0 Å². The molecule has 0 aliphatic carbocycles. The molecule has 0 aliphatic heterocycles. The predicted molar refractivity (Wildman–Crippen MR) is 47.3 cm³/mol. The van der Waals surface area contributed by atoms with Gasteiger partial charge in [0.15, 0.2) is 0 Å². The van der Waals surface area contributed by atoms with Crippen molar-refractivity contribution in [2.75, 3.05) is 25.6 Å². The van der Waals surface area contributed by atoms with Crippen LogP contribution in [0.15, 0.2) is 0 Å². The molecule has 0 bridgehead atoms. The number of thiol groups is 1. The first-order valence-corrected chi connectivity index (χ1v) is 4.35. The normalized spacial score (nSPS) is 12.6. The fourth-order valence-electron chi connectivity index (χ4n) is 0.488. The summed E-state index contributed by atoms with van der Waals surface area (Å²) in [5.41, 5.74) is 0. The Hall–Kier alpha value is -0.260. The second-order valence-corrected chi connectivity index (χ2v) is 2.63. The third-order valence-electron chi connectivity index (χ3n) is 1.05. The van der Waals surface area contributed by atoms with E-state index in [9.17, 15) is 4.79 Å².